The molecule has 0 amide bonds. The minimum atomic E-state index is -0.411. The molecule has 0 heterocycles. The number of esters is 1. The zero-order valence-corrected chi connectivity index (χ0v) is 21.3. The van der Waals surface area contributed by atoms with Gasteiger partial charge in [0.1, 0.15) is 6.10 Å². The third-order valence-electron chi connectivity index (χ3n) is 7.45. The van der Waals surface area contributed by atoms with E-state index >= 15 is 0 Å². The van der Waals surface area contributed by atoms with Gasteiger partial charge in [-0.2, -0.15) is 0 Å². The zero-order chi connectivity index (χ0) is 24.3. The molecular formula is C31H38O3. The van der Waals surface area contributed by atoms with Gasteiger partial charge in [0.05, 0.1) is 17.1 Å². The Kier molecular flexibility index (Phi) is 7.14. The lowest BCUT2D eigenvalue weighted by atomic mass is 9.89. The normalized spacial score (nSPS) is 19.2. The van der Waals surface area contributed by atoms with E-state index in [1.165, 1.54) is 27.5 Å². The van der Waals surface area contributed by atoms with E-state index in [-0.39, 0.29) is 18.2 Å². The van der Waals surface area contributed by atoms with Gasteiger partial charge in [0.25, 0.3) is 0 Å². The standard InChI is InChI=1S/C31H38O3/c1-6-30(2,3)29(32)33-25-16-18-26(19-17-25)34-31(4,5)24-15-20-28-23(21-24)13-10-14-27(28)22-11-8-7-9-12-22/h7-15,20-21,25-26H,6,16-19H2,1-5H3. The van der Waals surface area contributed by atoms with E-state index in [1.54, 1.807) is 0 Å². The maximum Gasteiger partial charge on any atom is 0.311 e. The van der Waals surface area contributed by atoms with Crippen molar-refractivity contribution in [3.8, 4) is 11.1 Å². The number of carbonyl (C=O) groups excluding carboxylic acids is 1. The van der Waals surface area contributed by atoms with Crippen LogP contribution >= 0.6 is 0 Å². The number of rotatable bonds is 7. The molecule has 1 aliphatic rings. The van der Waals surface area contributed by atoms with Gasteiger partial charge >= 0.3 is 5.97 Å². The van der Waals surface area contributed by atoms with Crippen LogP contribution in [0.2, 0.25) is 0 Å². The van der Waals surface area contributed by atoms with E-state index in [9.17, 15) is 4.79 Å². The van der Waals surface area contributed by atoms with E-state index in [0.29, 0.717) is 0 Å². The van der Waals surface area contributed by atoms with Crippen molar-refractivity contribution in [2.24, 2.45) is 5.41 Å². The molecule has 3 aromatic rings. The van der Waals surface area contributed by atoms with Crippen molar-refractivity contribution in [1.29, 1.82) is 0 Å². The first-order valence-electron chi connectivity index (χ1n) is 12.7. The molecule has 1 saturated carbocycles. The fraction of sp³-hybridized carbons (Fsp3) is 0.452. The van der Waals surface area contributed by atoms with Crippen LogP contribution < -0.4 is 0 Å². The Morgan fingerprint density at radius 3 is 2.21 bits per heavy atom. The Morgan fingerprint density at radius 2 is 1.53 bits per heavy atom. The summed E-state index contributed by atoms with van der Waals surface area (Å²) >= 11 is 0. The minimum absolute atomic E-state index is 0.0124. The highest BCUT2D eigenvalue weighted by Gasteiger charge is 2.33. The maximum atomic E-state index is 12.4. The van der Waals surface area contributed by atoms with Gasteiger partial charge in [-0.3, -0.25) is 4.79 Å². The van der Waals surface area contributed by atoms with E-state index < -0.39 is 11.0 Å². The smallest absolute Gasteiger partial charge is 0.311 e. The monoisotopic (exact) mass is 458 g/mol. The average Bonchev–Trinajstić information content (AvgIpc) is 2.84. The highest BCUT2D eigenvalue weighted by atomic mass is 16.5. The number of hydrogen-bond acceptors (Lipinski definition) is 3. The molecule has 0 aliphatic heterocycles. The maximum absolute atomic E-state index is 12.4. The fourth-order valence-electron chi connectivity index (χ4n) is 4.74. The minimum Gasteiger partial charge on any atom is -0.462 e. The van der Waals surface area contributed by atoms with Crippen molar-refractivity contribution in [2.75, 3.05) is 0 Å². The summed E-state index contributed by atoms with van der Waals surface area (Å²) in [5, 5.41) is 2.48. The van der Waals surface area contributed by atoms with E-state index in [2.05, 4.69) is 80.6 Å². The molecule has 0 radical (unpaired) electrons. The van der Waals surface area contributed by atoms with Crippen LogP contribution in [0.5, 0.6) is 0 Å². The zero-order valence-electron chi connectivity index (χ0n) is 21.3. The summed E-state index contributed by atoms with van der Waals surface area (Å²) in [5.74, 6) is -0.0780. The van der Waals surface area contributed by atoms with Gasteiger partial charge in [-0.15, -0.1) is 0 Å². The van der Waals surface area contributed by atoms with Crippen molar-refractivity contribution in [3.63, 3.8) is 0 Å². The topological polar surface area (TPSA) is 35.5 Å². The summed E-state index contributed by atoms with van der Waals surface area (Å²) in [6.07, 6.45) is 4.54. The molecule has 34 heavy (non-hydrogen) atoms. The molecule has 1 fully saturated rings. The Labute approximate surface area is 204 Å². The molecule has 180 valence electrons. The molecule has 0 bridgehead atoms. The summed E-state index contributed by atoms with van der Waals surface area (Å²) in [6, 6.07) is 23.7. The molecule has 0 unspecified atom stereocenters. The van der Waals surface area contributed by atoms with Gasteiger partial charge in [-0.25, -0.2) is 0 Å². The van der Waals surface area contributed by atoms with Crippen LogP contribution in [0, 0.1) is 5.41 Å². The second kappa shape index (κ2) is 9.92. The van der Waals surface area contributed by atoms with Crippen molar-refractivity contribution >= 4 is 16.7 Å². The highest BCUT2D eigenvalue weighted by molar-refractivity contribution is 5.97. The molecule has 0 atom stereocenters. The molecule has 3 nitrogen and oxygen atoms in total. The quantitative estimate of drug-likeness (QED) is 0.336. The van der Waals surface area contributed by atoms with Gasteiger partial charge < -0.3 is 9.47 Å². The Balaban J connectivity index is 1.43. The summed E-state index contributed by atoms with van der Waals surface area (Å²) in [7, 11) is 0. The van der Waals surface area contributed by atoms with Crippen molar-refractivity contribution in [3.05, 3.63) is 72.3 Å². The molecule has 0 saturated heterocycles. The third kappa shape index (κ3) is 5.36. The van der Waals surface area contributed by atoms with Gasteiger partial charge in [0.15, 0.2) is 0 Å². The van der Waals surface area contributed by atoms with E-state index in [0.717, 1.165) is 32.1 Å². The van der Waals surface area contributed by atoms with Crippen LogP contribution in [0.15, 0.2) is 66.7 Å². The van der Waals surface area contributed by atoms with Crippen LogP contribution in [0.25, 0.3) is 21.9 Å². The van der Waals surface area contributed by atoms with Gasteiger partial charge in [0, 0.05) is 0 Å². The number of benzene rings is 3. The lowest BCUT2D eigenvalue weighted by molar-refractivity contribution is -0.165. The molecule has 3 heteroatoms. The molecule has 1 aliphatic carbocycles. The molecule has 4 rings (SSSR count). The van der Waals surface area contributed by atoms with Crippen molar-refractivity contribution in [2.45, 2.75) is 84.5 Å². The summed E-state index contributed by atoms with van der Waals surface area (Å²) in [6.45, 7) is 10.3. The van der Waals surface area contributed by atoms with Crippen LogP contribution in [-0.2, 0) is 19.9 Å². The fourth-order valence-corrected chi connectivity index (χ4v) is 4.74. The van der Waals surface area contributed by atoms with E-state index in [4.69, 9.17) is 9.47 Å². The summed E-state index contributed by atoms with van der Waals surface area (Å²) < 4.78 is 12.4. The second-order valence-electron chi connectivity index (χ2n) is 10.8. The van der Waals surface area contributed by atoms with Crippen LogP contribution in [0.4, 0.5) is 0 Å². The largest absolute Gasteiger partial charge is 0.462 e. The molecule has 0 aromatic heterocycles. The number of fused-ring (bicyclic) bond motifs is 1. The summed E-state index contributed by atoms with van der Waals surface area (Å²) in [4.78, 5) is 12.4. The molecule has 3 aromatic carbocycles. The Morgan fingerprint density at radius 1 is 0.853 bits per heavy atom. The van der Waals surface area contributed by atoms with E-state index in [1.807, 2.05) is 20.8 Å². The predicted octanol–water partition coefficient (Wildman–Crippen LogP) is 8.05. The van der Waals surface area contributed by atoms with Crippen molar-refractivity contribution < 1.29 is 14.3 Å². The second-order valence-corrected chi connectivity index (χ2v) is 10.8. The third-order valence-corrected chi connectivity index (χ3v) is 7.45. The first kappa shape index (κ1) is 24.5. The number of hydrogen-bond donors (Lipinski definition) is 0. The van der Waals surface area contributed by atoms with Crippen LogP contribution in [0.1, 0.15) is 72.3 Å². The summed E-state index contributed by atoms with van der Waals surface area (Å²) in [5.41, 5.74) is 2.86. The van der Waals surface area contributed by atoms with Crippen LogP contribution in [-0.4, -0.2) is 18.2 Å². The van der Waals surface area contributed by atoms with Gasteiger partial charge in [0.2, 0.25) is 0 Å². The predicted molar refractivity (Wildman–Crippen MR) is 140 cm³/mol. The van der Waals surface area contributed by atoms with Crippen LogP contribution in [0.3, 0.4) is 0 Å². The average molecular weight is 459 g/mol. The molecular weight excluding hydrogens is 420 g/mol. The Hall–Kier alpha value is -2.65. The number of carbonyl (C=O) groups is 1. The van der Waals surface area contributed by atoms with Crippen molar-refractivity contribution in [1.82, 2.24) is 0 Å². The SMILES string of the molecule is CCC(C)(C)C(=O)OC1CCC(OC(C)(C)c2ccc3c(-c4ccccc4)cccc3c2)CC1. The molecule has 0 N–H and O–H groups in total. The van der Waals surface area contributed by atoms with Gasteiger partial charge in [-0.1, -0.05) is 67.6 Å². The first-order chi connectivity index (χ1) is 16.2. The lowest BCUT2D eigenvalue weighted by Gasteiger charge is -2.36. The lowest BCUT2D eigenvalue weighted by Crippen LogP contribution is -2.36. The number of ether oxygens (including phenoxy) is 2. The first-order valence-corrected chi connectivity index (χ1v) is 12.7. The highest BCUT2D eigenvalue weighted by Crippen LogP contribution is 2.36. The molecule has 0 spiro atoms. The Bertz CT molecular complexity index is 1120. The van der Waals surface area contributed by atoms with Gasteiger partial charge in [-0.05, 0) is 93.3 Å².